The Morgan fingerprint density at radius 2 is 1.81 bits per heavy atom. The van der Waals surface area contributed by atoms with E-state index in [0.29, 0.717) is 50.9 Å². The third kappa shape index (κ3) is 6.78. The lowest BCUT2D eigenvalue weighted by molar-refractivity contribution is -0.162. The summed E-state index contributed by atoms with van der Waals surface area (Å²) in [5, 5.41) is 3.01. The predicted molar refractivity (Wildman–Crippen MR) is 92.5 cm³/mol. The summed E-state index contributed by atoms with van der Waals surface area (Å²) >= 11 is 0. The van der Waals surface area contributed by atoms with E-state index in [1.54, 1.807) is 0 Å². The van der Waals surface area contributed by atoms with Crippen LogP contribution in [0.4, 0.5) is 13.2 Å². The first-order chi connectivity index (χ1) is 12.3. The number of hydrogen-bond acceptors (Lipinski definition) is 3. The molecule has 26 heavy (non-hydrogen) atoms. The molecule has 0 spiro atoms. The number of carbonyl (C=O) groups is 2. The van der Waals surface area contributed by atoms with Crippen molar-refractivity contribution in [2.24, 2.45) is 5.92 Å². The quantitative estimate of drug-likeness (QED) is 0.742. The molecule has 0 saturated carbocycles. The van der Waals surface area contributed by atoms with Gasteiger partial charge in [0, 0.05) is 32.1 Å². The first-order valence-corrected chi connectivity index (χ1v) is 9.63. The van der Waals surface area contributed by atoms with Crippen molar-refractivity contribution in [2.75, 3.05) is 32.7 Å². The first kappa shape index (κ1) is 21.0. The fourth-order valence-corrected chi connectivity index (χ4v) is 3.95. The zero-order chi connectivity index (χ0) is 19.2. The minimum absolute atomic E-state index is 0.0449. The van der Waals surface area contributed by atoms with Crippen molar-refractivity contribution < 1.29 is 22.8 Å². The van der Waals surface area contributed by atoms with Crippen molar-refractivity contribution >= 4 is 11.8 Å². The molecule has 150 valence electrons. The van der Waals surface area contributed by atoms with Crippen molar-refractivity contribution in [3.8, 4) is 0 Å². The summed E-state index contributed by atoms with van der Waals surface area (Å²) in [6.45, 7) is 5.64. The zero-order valence-electron chi connectivity index (χ0n) is 15.5. The lowest BCUT2D eigenvalue weighted by atomic mass is 9.92. The molecular weight excluding hydrogens is 347 g/mol. The Morgan fingerprint density at radius 1 is 1.12 bits per heavy atom. The molecule has 0 bridgehead atoms. The van der Waals surface area contributed by atoms with Crippen molar-refractivity contribution in [1.82, 2.24) is 15.1 Å². The lowest BCUT2D eigenvalue weighted by Gasteiger charge is -2.32. The van der Waals surface area contributed by atoms with E-state index in [0.717, 1.165) is 25.9 Å². The molecule has 2 rings (SSSR count). The second-order valence-electron chi connectivity index (χ2n) is 7.38. The van der Waals surface area contributed by atoms with Gasteiger partial charge in [-0.15, -0.1) is 0 Å². The number of halogens is 3. The SMILES string of the molecule is CCN1CCCC1CNC(=O)CCC1CCN(C(=O)CC(F)(F)F)CC1. The molecule has 8 heteroatoms. The Kier molecular flexibility index (Phi) is 7.73. The second kappa shape index (κ2) is 9.58. The topological polar surface area (TPSA) is 52.7 Å². The summed E-state index contributed by atoms with van der Waals surface area (Å²) in [6.07, 6.45) is -1.01. The summed E-state index contributed by atoms with van der Waals surface area (Å²) in [7, 11) is 0. The summed E-state index contributed by atoms with van der Waals surface area (Å²) in [5.41, 5.74) is 0. The van der Waals surface area contributed by atoms with Crippen LogP contribution in [-0.2, 0) is 9.59 Å². The van der Waals surface area contributed by atoms with Crippen LogP contribution in [0.2, 0.25) is 0 Å². The van der Waals surface area contributed by atoms with Gasteiger partial charge in [0.05, 0.1) is 0 Å². The lowest BCUT2D eigenvalue weighted by Crippen LogP contribution is -2.41. The highest BCUT2D eigenvalue weighted by Crippen LogP contribution is 2.25. The molecule has 0 radical (unpaired) electrons. The third-order valence-corrected chi connectivity index (χ3v) is 5.54. The molecule has 0 aromatic carbocycles. The number of carbonyl (C=O) groups excluding carboxylic acids is 2. The van der Waals surface area contributed by atoms with Gasteiger partial charge < -0.3 is 10.2 Å². The standard InChI is InChI=1S/C18H30F3N3O2/c1-2-23-9-3-4-15(23)13-22-16(25)6-5-14-7-10-24(11-8-14)17(26)12-18(19,20)21/h14-15H,2-13H2,1H3,(H,22,25). The highest BCUT2D eigenvalue weighted by Gasteiger charge is 2.34. The van der Waals surface area contributed by atoms with Crippen LogP contribution in [0.25, 0.3) is 0 Å². The predicted octanol–water partition coefficient (Wildman–Crippen LogP) is 2.56. The summed E-state index contributed by atoms with van der Waals surface area (Å²) in [5.74, 6) is -0.497. The molecular formula is C18H30F3N3O2. The molecule has 2 fully saturated rings. The van der Waals surface area contributed by atoms with Gasteiger partial charge in [-0.1, -0.05) is 6.92 Å². The average Bonchev–Trinajstić information content (AvgIpc) is 3.04. The number of alkyl halides is 3. The molecule has 2 aliphatic rings. The van der Waals surface area contributed by atoms with E-state index in [4.69, 9.17) is 0 Å². The number of amides is 2. The number of rotatable bonds is 7. The molecule has 1 N–H and O–H groups in total. The Balaban J connectivity index is 1.60. The van der Waals surface area contributed by atoms with Gasteiger partial charge in [-0.05, 0) is 51.1 Å². The van der Waals surface area contributed by atoms with Gasteiger partial charge in [-0.25, -0.2) is 0 Å². The Labute approximate surface area is 153 Å². The maximum absolute atomic E-state index is 12.3. The largest absolute Gasteiger partial charge is 0.397 e. The molecule has 1 unspecified atom stereocenters. The third-order valence-electron chi connectivity index (χ3n) is 5.54. The fourth-order valence-electron chi connectivity index (χ4n) is 3.95. The number of nitrogens with zero attached hydrogens (tertiary/aromatic N) is 2. The van der Waals surface area contributed by atoms with E-state index in [2.05, 4.69) is 17.1 Å². The van der Waals surface area contributed by atoms with Gasteiger partial charge in [-0.2, -0.15) is 13.2 Å². The van der Waals surface area contributed by atoms with Gasteiger partial charge in [0.25, 0.3) is 0 Å². The number of piperidine rings is 1. The highest BCUT2D eigenvalue weighted by atomic mass is 19.4. The summed E-state index contributed by atoms with van der Waals surface area (Å²) in [4.78, 5) is 27.3. The molecule has 2 amide bonds. The smallest absolute Gasteiger partial charge is 0.355 e. The van der Waals surface area contributed by atoms with E-state index in [1.807, 2.05) is 0 Å². The average molecular weight is 377 g/mol. The van der Waals surface area contributed by atoms with E-state index in [9.17, 15) is 22.8 Å². The van der Waals surface area contributed by atoms with Crippen molar-refractivity contribution in [2.45, 2.75) is 64.1 Å². The van der Waals surface area contributed by atoms with Crippen molar-refractivity contribution in [3.63, 3.8) is 0 Å². The highest BCUT2D eigenvalue weighted by molar-refractivity contribution is 5.77. The summed E-state index contributed by atoms with van der Waals surface area (Å²) < 4.78 is 36.9. The maximum Gasteiger partial charge on any atom is 0.397 e. The fraction of sp³-hybridized carbons (Fsp3) is 0.889. The zero-order valence-corrected chi connectivity index (χ0v) is 15.5. The minimum atomic E-state index is -4.45. The van der Waals surface area contributed by atoms with Crippen LogP contribution in [-0.4, -0.2) is 66.6 Å². The van der Waals surface area contributed by atoms with Gasteiger partial charge in [-0.3, -0.25) is 14.5 Å². The molecule has 2 heterocycles. The van der Waals surface area contributed by atoms with Crippen LogP contribution in [0.3, 0.4) is 0 Å². The number of likely N-dealkylation sites (N-methyl/N-ethyl adjacent to an activating group) is 1. The van der Waals surface area contributed by atoms with Crippen LogP contribution in [0.1, 0.15) is 51.9 Å². The molecule has 5 nitrogen and oxygen atoms in total. The van der Waals surface area contributed by atoms with E-state index in [-0.39, 0.29) is 5.91 Å². The van der Waals surface area contributed by atoms with Crippen LogP contribution < -0.4 is 5.32 Å². The van der Waals surface area contributed by atoms with Gasteiger partial charge >= 0.3 is 6.18 Å². The second-order valence-corrected chi connectivity index (χ2v) is 7.38. The monoisotopic (exact) mass is 377 g/mol. The summed E-state index contributed by atoms with van der Waals surface area (Å²) in [6, 6.07) is 0.437. The number of hydrogen-bond donors (Lipinski definition) is 1. The Morgan fingerprint density at radius 3 is 2.42 bits per heavy atom. The van der Waals surface area contributed by atoms with E-state index in [1.165, 1.54) is 11.3 Å². The Hall–Kier alpha value is -1.31. The van der Waals surface area contributed by atoms with Crippen LogP contribution in [0.15, 0.2) is 0 Å². The Bertz CT molecular complexity index is 477. The molecule has 0 aromatic heterocycles. The molecule has 0 aliphatic carbocycles. The van der Waals surface area contributed by atoms with Gasteiger partial charge in [0.2, 0.25) is 11.8 Å². The maximum atomic E-state index is 12.3. The van der Waals surface area contributed by atoms with Crippen molar-refractivity contribution in [1.29, 1.82) is 0 Å². The van der Waals surface area contributed by atoms with Crippen LogP contribution in [0.5, 0.6) is 0 Å². The molecule has 2 saturated heterocycles. The molecule has 0 aromatic rings. The van der Waals surface area contributed by atoms with E-state index >= 15 is 0 Å². The van der Waals surface area contributed by atoms with Gasteiger partial charge in [0.15, 0.2) is 0 Å². The minimum Gasteiger partial charge on any atom is -0.355 e. The van der Waals surface area contributed by atoms with Crippen LogP contribution >= 0.6 is 0 Å². The first-order valence-electron chi connectivity index (χ1n) is 9.63. The number of nitrogens with one attached hydrogen (secondary N) is 1. The normalized spacial score (nSPS) is 22.6. The molecule has 1 atom stereocenters. The van der Waals surface area contributed by atoms with Gasteiger partial charge in [0.1, 0.15) is 6.42 Å². The van der Waals surface area contributed by atoms with E-state index < -0.39 is 18.5 Å². The van der Waals surface area contributed by atoms with Crippen LogP contribution in [0, 0.1) is 5.92 Å². The molecule has 2 aliphatic heterocycles. The van der Waals surface area contributed by atoms with Crippen molar-refractivity contribution in [3.05, 3.63) is 0 Å². The number of likely N-dealkylation sites (tertiary alicyclic amines) is 2.